The van der Waals surface area contributed by atoms with Crippen molar-refractivity contribution in [1.82, 2.24) is 0 Å². The maximum atomic E-state index is 5.55. The van der Waals surface area contributed by atoms with Crippen LogP contribution in [0.4, 0.5) is 22.7 Å². The van der Waals surface area contributed by atoms with E-state index < -0.39 is 0 Å². The van der Waals surface area contributed by atoms with Crippen LogP contribution in [0, 0.1) is 0 Å². The van der Waals surface area contributed by atoms with E-state index in [9.17, 15) is 0 Å². The molecule has 77 heavy (non-hydrogen) atoms. The van der Waals surface area contributed by atoms with E-state index in [0.29, 0.717) is 47.3 Å². The summed E-state index contributed by atoms with van der Waals surface area (Å²) in [4.78, 5) is 22.2. The summed E-state index contributed by atoms with van der Waals surface area (Å²) in [6, 6.07) is 52.9. The van der Waals surface area contributed by atoms with E-state index in [1.165, 1.54) is 88.3 Å². The van der Waals surface area contributed by atoms with Crippen molar-refractivity contribution in [3.8, 4) is 0 Å². The van der Waals surface area contributed by atoms with Crippen LogP contribution in [0.1, 0.15) is 225 Å². The Kier molecular flexibility index (Phi) is 17.4. The Bertz CT molecular complexity index is 3040. The number of rotatable bonds is 12. The third-order valence-electron chi connectivity index (χ3n) is 15.5. The fraction of sp³-hybridized carbons (Fsp3) is 0.333. The molecule has 0 amide bonds. The molecule has 10 rings (SSSR count). The minimum atomic E-state index is 0. The molecule has 0 spiro atoms. The number of nitrogens with zero attached hydrogens (tertiary/aromatic N) is 4. The Hall–Kier alpha value is -6.55. The normalized spacial score (nSPS) is 15.2. The van der Waals surface area contributed by atoms with Crippen molar-refractivity contribution in [3.05, 3.63) is 212 Å². The maximum Gasteiger partial charge on any atom is 0.0979 e. The summed E-state index contributed by atoms with van der Waals surface area (Å²) >= 11 is 0. The van der Waals surface area contributed by atoms with Gasteiger partial charge in [0.05, 0.1) is 45.6 Å². The topological polar surface area (TPSA) is 49.4 Å². The van der Waals surface area contributed by atoms with Crippen molar-refractivity contribution in [2.45, 2.75) is 158 Å². The van der Waals surface area contributed by atoms with Gasteiger partial charge in [0.1, 0.15) is 0 Å². The van der Waals surface area contributed by atoms with Gasteiger partial charge in [0.25, 0.3) is 0 Å². The van der Waals surface area contributed by atoms with Crippen LogP contribution in [0.2, 0.25) is 0 Å². The van der Waals surface area contributed by atoms with E-state index >= 15 is 0 Å². The fourth-order valence-electron chi connectivity index (χ4n) is 11.4. The number of benzene rings is 8. The molecule has 2 aliphatic rings. The van der Waals surface area contributed by atoms with Gasteiger partial charge in [-0.25, -0.2) is 20.0 Å². The third-order valence-corrected chi connectivity index (χ3v) is 15.5. The Balaban J connectivity index is 0.000000201. The predicted molar refractivity (Wildman–Crippen MR) is 331 cm³/mol. The number of para-hydroxylation sites is 4. The van der Waals surface area contributed by atoms with Crippen molar-refractivity contribution >= 4 is 67.1 Å². The summed E-state index contributed by atoms with van der Waals surface area (Å²) < 4.78 is 0. The summed E-state index contributed by atoms with van der Waals surface area (Å²) in [5, 5.41) is 4.99. The van der Waals surface area contributed by atoms with Crippen LogP contribution in [0.3, 0.4) is 0 Å². The molecule has 0 atom stereocenters. The predicted octanol–water partition coefficient (Wildman–Crippen LogP) is 21.2. The van der Waals surface area contributed by atoms with Gasteiger partial charge < -0.3 is 0 Å². The second kappa shape index (κ2) is 23.6. The standard InChI is InChI=1S/2C36H40N2.Ni/c2*1-21(2)26-15-11-16-27(22(3)4)33(26)37-35-30-19-9-13-25-14-10-20-31(32(25)30)36(35)38-34-28(23(5)6)17-12-18-29(34)24(7)8;/h2*9-24H,1-8H3;. The molecular formula is C72H80N4Ni. The molecule has 0 aliphatic heterocycles. The van der Waals surface area contributed by atoms with E-state index in [0.717, 1.165) is 45.6 Å². The van der Waals surface area contributed by atoms with Gasteiger partial charge in [-0.2, -0.15) is 0 Å². The molecule has 4 nitrogen and oxygen atoms in total. The van der Waals surface area contributed by atoms with E-state index in [2.05, 4.69) is 256 Å². The van der Waals surface area contributed by atoms with Crippen LogP contribution in [0.15, 0.2) is 166 Å². The molecule has 5 heteroatoms. The van der Waals surface area contributed by atoms with Crippen molar-refractivity contribution in [1.29, 1.82) is 0 Å². The molecule has 398 valence electrons. The van der Waals surface area contributed by atoms with E-state index in [1.54, 1.807) is 0 Å². The molecule has 0 bridgehead atoms. The zero-order valence-electron chi connectivity index (χ0n) is 48.6. The van der Waals surface area contributed by atoms with Crippen molar-refractivity contribution in [2.24, 2.45) is 20.0 Å². The Morgan fingerprint density at radius 1 is 0.221 bits per heavy atom. The summed E-state index contributed by atoms with van der Waals surface area (Å²) in [5.74, 6) is 3.02. The molecule has 0 radical (unpaired) electrons. The molecule has 0 aromatic heterocycles. The van der Waals surface area contributed by atoms with E-state index in [-0.39, 0.29) is 16.5 Å². The second-order valence-electron chi connectivity index (χ2n) is 23.6. The molecule has 8 aromatic rings. The average Bonchev–Trinajstić information content (AvgIpc) is 3.85. The van der Waals surface area contributed by atoms with Gasteiger partial charge in [-0.1, -0.05) is 256 Å². The molecule has 0 heterocycles. The molecule has 0 N–H and O–H groups in total. The van der Waals surface area contributed by atoms with Crippen molar-refractivity contribution in [2.75, 3.05) is 0 Å². The molecule has 0 saturated carbocycles. The van der Waals surface area contributed by atoms with Gasteiger partial charge in [0.2, 0.25) is 0 Å². The van der Waals surface area contributed by atoms with E-state index in [1.807, 2.05) is 0 Å². The SMILES string of the molecule is CC(C)c1cccc(C(C)C)c1N=C1C(=Nc2c(C(C)C)cccc2C(C)C)c2cccc3cccc1c23.CC(C)c1cccc(C(C)C)c1N=C1C(=Nc2c(C(C)C)cccc2C(C)C)c2cccc3cccc1c23.[Ni]. The number of hydrogen-bond acceptors (Lipinski definition) is 4. The Morgan fingerprint density at radius 2 is 0.377 bits per heavy atom. The van der Waals surface area contributed by atoms with Crippen LogP contribution in [-0.4, -0.2) is 22.8 Å². The van der Waals surface area contributed by atoms with Gasteiger partial charge in [0.15, 0.2) is 0 Å². The second-order valence-corrected chi connectivity index (χ2v) is 23.6. The summed E-state index contributed by atoms with van der Waals surface area (Å²) in [6.07, 6.45) is 0. The third kappa shape index (κ3) is 11.0. The molecule has 0 saturated heterocycles. The van der Waals surface area contributed by atoms with Crippen molar-refractivity contribution in [3.63, 3.8) is 0 Å². The minimum Gasteiger partial charge on any atom is -0.245 e. The minimum absolute atomic E-state index is 0. The molecule has 0 fully saturated rings. The summed E-state index contributed by atoms with van der Waals surface area (Å²) in [7, 11) is 0. The zero-order valence-corrected chi connectivity index (χ0v) is 49.6. The van der Waals surface area contributed by atoms with Crippen LogP contribution in [0.25, 0.3) is 21.5 Å². The van der Waals surface area contributed by atoms with Gasteiger partial charge in [0, 0.05) is 49.5 Å². The quantitative estimate of drug-likeness (QED) is 0.110. The van der Waals surface area contributed by atoms with Crippen LogP contribution in [0.5, 0.6) is 0 Å². The van der Waals surface area contributed by atoms with Crippen LogP contribution < -0.4 is 0 Å². The van der Waals surface area contributed by atoms with Crippen molar-refractivity contribution < 1.29 is 16.5 Å². The summed E-state index contributed by atoms with van der Waals surface area (Å²) in [5.41, 5.74) is 23.4. The molecular weight excluding hydrogens is 980 g/mol. The Labute approximate surface area is 471 Å². The van der Waals surface area contributed by atoms with Gasteiger partial charge >= 0.3 is 0 Å². The average molecular weight is 1060 g/mol. The smallest absolute Gasteiger partial charge is 0.0979 e. The maximum absolute atomic E-state index is 5.55. The zero-order chi connectivity index (χ0) is 54.3. The monoisotopic (exact) mass is 1060 g/mol. The van der Waals surface area contributed by atoms with E-state index in [4.69, 9.17) is 20.0 Å². The van der Waals surface area contributed by atoms with Gasteiger partial charge in [-0.05, 0) is 103 Å². The number of hydrogen-bond donors (Lipinski definition) is 0. The summed E-state index contributed by atoms with van der Waals surface area (Å²) in [6.45, 7) is 36.2. The van der Waals surface area contributed by atoms with Crippen LogP contribution >= 0.6 is 0 Å². The van der Waals surface area contributed by atoms with Gasteiger partial charge in [-0.15, -0.1) is 0 Å². The first kappa shape index (κ1) is 56.7. The first-order valence-electron chi connectivity index (χ1n) is 28.3. The molecule has 0 unspecified atom stereocenters. The first-order chi connectivity index (χ1) is 36.4. The molecule has 8 aromatic carbocycles. The Morgan fingerprint density at radius 3 is 0.532 bits per heavy atom. The largest absolute Gasteiger partial charge is 0.245 e. The molecule has 2 aliphatic carbocycles. The fourth-order valence-corrected chi connectivity index (χ4v) is 11.4. The van der Waals surface area contributed by atoms with Gasteiger partial charge in [-0.3, -0.25) is 0 Å². The number of aliphatic imine (C=N–C) groups is 4. The van der Waals surface area contributed by atoms with Crippen LogP contribution in [-0.2, 0) is 16.5 Å². The first-order valence-corrected chi connectivity index (χ1v) is 28.3.